The van der Waals surface area contributed by atoms with Crippen molar-refractivity contribution < 1.29 is 18.7 Å². The molecule has 3 aromatic rings. The number of hydrogen-bond acceptors (Lipinski definition) is 4. The third-order valence-corrected chi connectivity index (χ3v) is 4.08. The molecule has 1 N–H and O–H groups in total. The van der Waals surface area contributed by atoms with Gasteiger partial charge in [-0.15, -0.1) is 0 Å². The molecule has 2 heterocycles. The van der Waals surface area contributed by atoms with Crippen LogP contribution in [0.4, 0.5) is 4.39 Å². The van der Waals surface area contributed by atoms with Gasteiger partial charge < -0.3 is 14.8 Å². The molecule has 0 saturated carbocycles. The summed E-state index contributed by atoms with van der Waals surface area (Å²) in [4.78, 5) is 16.8. The Kier molecular flexibility index (Phi) is 4.23. The topological polar surface area (TPSA) is 60.5 Å². The van der Waals surface area contributed by atoms with Crippen molar-refractivity contribution in [3.05, 3.63) is 77.7 Å². The van der Waals surface area contributed by atoms with Crippen LogP contribution in [-0.4, -0.2) is 17.7 Å². The zero-order valence-corrected chi connectivity index (χ0v) is 13.7. The van der Waals surface area contributed by atoms with E-state index >= 15 is 0 Å². The molecule has 1 aromatic heterocycles. The van der Waals surface area contributed by atoms with Gasteiger partial charge in [-0.25, -0.2) is 4.39 Å². The number of fused-ring (bicyclic) bond motifs is 1. The summed E-state index contributed by atoms with van der Waals surface area (Å²) < 4.78 is 23.7. The number of pyridine rings is 1. The van der Waals surface area contributed by atoms with Gasteiger partial charge in [-0.1, -0.05) is 6.07 Å². The van der Waals surface area contributed by atoms with Crippen molar-refractivity contribution in [1.29, 1.82) is 0 Å². The van der Waals surface area contributed by atoms with Gasteiger partial charge in [0.05, 0.1) is 5.69 Å². The first-order valence-corrected chi connectivity index (χ1v) is 8.08. The standard InChI is InChI=1S/C20H15FN2O3/c21-16-6-3-13(4-7-16)19-15(2-1-9-22-19)11-23-20(24)14-5-8-17-18(10-14)26-12-25-17/h1-10H,11-12H2,(H,23,24). The molecule has 0 spiro atoms. The molecule has 2 aromatic carbocycles. The number of halogens is 1. The second kappa shape index (κ2) is 6.84. The van der Waals surface area contributed by atoms with E-state index in [0.717, 1.165) is 11.1 Å². The molecular weight excluding hydrogens is 335 g/mol. The predicted molar refractivity (Wildman–Crippen MR) is 93.4 cm³/mol. The lowest BCUT2D eigenvalue weighted by Crippen LogP contribution is -2.23. The molecule has 1 aliphatic heterocycles. The second-order valence-electron chi connectivity index (χ2n) is 5.77. The first-order valence-electron chi connectivity index (χ1n) is 8.08. The molecule has 6 heteroatoms. The van der Waals surface area contributed by atoms with Crippen LogP contribution in [0.1, 0.15) is 15.9 Å². The minimum absolute atomic E-state index is 0.164. The Morgan fingerprint density at radius 1 is 1.08 bits per heavy atom. The molecule has 0 radical (unpaired) electrons. The van der Waals surface area contributed by atoms with Gasteiger partial charge in [0, 0.05) is 23.9 Å². The molecule has 0 atom stereocenters. The van der Waals surface area contributed by atoms with Gasteiger partial charge in [0.1, 0.15) is 5.82 Å². The molecule has 1 amide bonds. The summed E-state index contributed by atoms with van der Waals surface area (Å²) in [5.74, 6) is 0.665. The quantitative estimate of drug-likeness (QED) is 0.782. The molecule has 130 valence electrons. The Morgan fingerprint density at radius 3 is 2.73 bits per heavy atom. The summed E-state index contributed by atoms with van der Waals surface area (Å²) in [5.41, 5.74) is 2.83. The van der Waals surface area contributed by atoms with E-state index in [1.54, 1.807) is 42.6 Å². The van der Waals surface area contributed by atoms with Crippen molar-refractivity contribution in [3.63, 3.8) is 0 Å². The Morgan fingerprint density at radius 2 is 1.88 bits per heavy atom. The van der Waals surface area contributed by atoms with Crippen molar-refractivity contribution >= 4 is 5.91 Å². The van der Waals surface area contributed by atoms with E-state index in [0.29, 0.717) is 29.3 Å². The summed E-state index contributed by atoms with van der Waals surface area (Å²) in [6.07, 6.45) is 1.67. The van der Waals surface area contributed by atoms with E-state index < -0.39 is 0 Å². The van der Waals surface area contributed by atoms with Crippen LogP contribution in [-0.2, 0) is 6.54 Å². The van der Waals surface area contributed by atoms with Crippen LogP contribution in [0.5, 0.6) is 11.5 Å². The third-order valence-electron chi connectivity index (χ3n) is 4.08. The first-order chi connectivity index (χ1) is 12.7. The van der Waals surface area contributed by atoms with Gasteiger partial charge in [0.2, 0.25) is 6.79 Å². The number of nitrogens with one attached hydrogen (secondary N) is 1. The number of rotatable bonds is 4. The van der Waals surface area contributed by atoms with E-state index in [-0.39, 0.29) is 18.5 Å². The predicted octanol–water partition coefficient (Wildman–Crippen LogP) is 3.55. The van der Waals surface area contributed by atoms with Gasteiger partial charge in [0.15, 0.2) is 11.5 Å². The van der Waals surface area contributed by atoms with Crippen LogP contribution in [0.3, 0.4) is 0 Å². The average molecular weight is 350 g/mol. The SMILES string of the molecule is O=C(NCc1cccnc1-c1ccc(F)cc1)c1ccc2c(c1)OCO2. The monoisotopic (exact) mass is 350 g/mol. The number of benzene rings is 2. The maximum Gasteiger partial charge on any atom is 0.251 e. The maximum absolute atomic E-state index is 13.1. The van der Waals surface area contributed by atoms with Crippen LogP contribution in [0.2, 0.25) is 0 Å². The molecule has 0 unspecified atom stereocenters. The molecule has 4 rings (SSSR count). The Bertz CT molecular complexity index is 958. The lowest BCUT2D eigenvalue weighted by atomic mass is 10.1. The largest absolute Gasteiger partial charge is 0.454 e. The van der Waals surface area contributed by atoms with E-state index in [4.69, 9.17) is 9.47 Å². The van der Waals surface area contributed by atoms with Gasteiger partial charge in [-0.05, 0) is 54.1 Å². The van der Waals surface area contributed by atoms with Crippen molar-refractivity contribution in [3.8, 4) is 22.8 Å². The highest BCUT2D eigenvalue weighted by Crippen LogP contribution is 2.32. The highest BCUT2D eigenvalue weighted by Gasteiger charge is 2.16. The van der Waals surface area contributed by atoms with Gasteiger partial charge >= 0.3 is 0 Å². The smallest absolute Gasteiger partial charge is 0.251 e. The number of hydrogen-bond donors (Lipinski definition) is 1. The average Bonchev–Trinajstić information content (AvgIpc) is 3.15. The third kappa shape index (κ3) is 3.21. The van der Waals surface area contributed by atoms with Crippen LogP contribution < -0.4 is 14.8 Å². The zero-order chi connectivity index (χ0) is 17.9. The number of aromatic nitrogens is 1. The van der Waals surface area contributed by atoms with Crippen LogP contribution in [0.15, 0.2) is 60.8 Å². The van der Waals surface area contributed by atoms with Crippen molar-refractivity contribution in [2.45, 2.75) is 6.54 Å². The summed E-state index contributed by atoms with van der Waals surface area (Å²) in [6, 6.07) is 14.8. The van der Waals surface area contributed by atoms with E-state index in [9.17, 15) is 9.18 Å². The molecule has 0 fully saturated rings. The zero-order valence-electron chi connectivity index (χ0n) is 13.7. The molecule has 0 saturated heterocycles. The van der Waals surface area contributed by atoms with Crippen molar-refractivity contribution in [2.24, 2.45) is 0 Å². The fourth-order valence-corrected chi connectivity index (χ4v) is 2.76. The second-order valence-corrected chi connectivity index (χ2v) is 5.77. The number of carbonyl (C=O) groups excluding carboxylic acids is 1. The van der Waals surface area contributed by atoms with E-state index in [2.05, 4.69) is 10.3 Å². The molecular formula is C20H15FN2O3. The minimum atomic E-state index is -0.303. The maximum atomic E-state index is 13.1. The van der Waals surface area contributed by atoms with Gasteiger partial charge in [-0.2, -0.15) is 0 Å². The molecule has 0 bridgehead atoms. The van der Waals surface area contributed by atoms with Crippen molar-refractivity contribution in [2.75, 3.05) is 6.79 Å². The molecule has 26 heavy (non-hydrogen) atoms. The Hall–Kier alpha value is -3.41. The number of amides is 1. The summed E-state index contributed by atoms with van der Waals surface area (Å²) >= 11 is 0. The van der Waals surface area contributed by atoms with Gasteiger partial charge in [-0.3, -0.25) is 9.78 Å². The normalized spacial score (nSPS) is 12.0. The van der Waals surface area contributed by atoms with E-state index in [1.807, 2.05) is 6.07 Å². The Labute approximate surface area is 149 Å². The van der Waals surface area contributed by atoms with Crippen LogP contribution in [0, 0.1) is 5.82 Å². The fraction of sp³-hybridized carbons (Fsp3) is 0.100. The summed E-state index contributed by atoms with van der Waals surface area (Å²) in [5, 5.41) is 2.88. The summed E-state index contributed by atoms with van der Waals surface area (Å²) in [7, 11) is 0. The molecule has 0 aliphatic carbocycles. The van der Waals surface area contributed by atoms with Crippen molar-refractivity contribution in [1.82, 2.24) is 10.3 Å². The number of nitrogens with zero attached hydrogens (tertiary/aromatic N) is 1. The van der Waals surface area contributed by atoms with E-state index in [1.165, 1.54) is 12.1 Å². The summed E-state index contributed by atoms with van der Waals surface area (Å²) in [6.45, 7) is 0.463. The lowest BCUT2D eigenvalue weighted by Gasteiger charge is -2.10. The number of carbonyl (C=O) groups is 1. The lowest BCUT2D eigenvalue weighted by molar-refractivity contribution is 0.0950. The van der Waals surface area contributed by atoms with Gasteiger partial charge in [0.25, 0.3) is 5.91 Å². The highest BCUT2D eigenvalue weighted by atomic mass is 19.1. The first kappa shape index (κ1) is 16.1. The Balaban J connectivity index is 1.51. The van der Waals surface area contributed by atoms with Crippen LogP contribution in [0.25, 0.3) is 11.3 Å². The molecule has 1 aliphatic rings. The fourth-order valence-electron chi connectivity index (χ4n) is 2.76. The number of ether oxygens (including phenoxy) is 2. The highest BCUT2D eigenvalue weighted by molar-refractivity contribution is 5.95. The molecule has 5 nitrogen and oxygen atoms in total. The van der Waals surface area contributed by atoms with Crippen LogP contribution >= 0.6 is 0 Å². The minimum Gasteiger partial charge on any atom is -0.454 e.